The third kappa shape index (κ3) is 5.92. The monoisotopic (exact) mass is 510 g/mol. The van der Waals surface area contributed by atoms with Crippen LogP contribution in [-0.4, -0.2) is 21.6 Å². The number of carbonyl (C=O) groups excluding carboxylic acids is 1. The van der Waals surface area contributed by atoms with Gasteiger partial charge >= 0.3 is 0 Å². The Labute approximate surface area is 209 Å². The number of aromatic nitrogens is 2. The van der Waals surface area contributed by atoms with E-state index < -0.39 is 0 Å². The summed E-state index contributed by atoms with van der Waals surface area (Å²) >= 11 is 14.8. The van der Waals surface area contributed by atoms with Crippen molar-refractivity contribution in [1.29, 1.82) is 5.26 Å². The molecule has 5 nitrogen and oxygen atoms in total. The Hall–Kier alpha value is -2.89. The number of amides is 1. The van der Waals surface area contributed by atoms with Gasteiger partial charge in [0.15, 0.2) is 5.13 Å². The molecule has 164 valence electrons. The van der Waals surface area contributed by atoms with Gasteiger partial charge in [-0.1, -0.05) is 59.6 Å². The predicted octanol–water partition coefficient (Wildman–Crippen LogP) is 7.17. The number of halogens is 2. The fourth-order valence-corrected chi connectivity index (χ4v) is 4.89. The number of nitrogens with one attached hydrogen (secondary N) is 1. The molecule has 4 rings (SSSR count). The number of nitriles is 1. The summed E-state index contributed by atoms with van der Waals surface area (Å²) in [6.45, 7) is 0. The highest BCUT2D eigenvalue weighted by molar-refractivity contribution is 7.99. The van der Waals surface area contributed by atoms with Gasteiger partial charge in [-0.2, -0.15) is 5.26 Å². The van der Waals surface area contributed by atoms with Crippen molar-refractivity contribution in [2.24, 2.45) is 0 Å². The van der Waals surface area contributed by atoms with Crippen LogP contribution in [0, 0.1) is 11.3 Å². The van der Waals surface area contributed by atoms with Gasteiger partial charge in [0.1, 0.15) is 11.1 Å². The zero-order valence-electron chi connectivity index (χ0n) is 17.1. The van der Waals surface area contributed by atoms with E-state index in [1.165, 1.54) is 23.1 Å². The van der Waals surface area contributed by atoms with Crippen LogP contribution in [0.1, 0.15) is 12.0 Å². The standard InChI is InChI=1S/C24H16Cl2N4OS2/c25-18-8-6-16(12-19(18)26)21-14-33-24(29-21)30-22(31)10-11-32-23-17(13-27)7-9-20(28-23)15-4-2-1-3-5-15/h1-9,12,14H,10-11H2,(H,29,30,31). The molecule has 0 spiro atoms. The van der Waals surface area contributed by atoms with Gasteiger partial charge in [-0.05, 0) is 24.3 Å². The Kier molecular flexibility index (Phi) is 7.63. The van der Waals surface area contributed by atoms with Gasteiger partial charge in [-0.15, -0.1) is 23.1 Å². The fourth-order valence-electron chi connectivity index (χ4n) is 2.95. The van der Waals surface area contributed by atoms with E-state index in [2.05, 4.69) is 21.4 Å². The molecule has 0 atom stereocenters. The first-order valence-electron chi connectivity index (χ1n) is 9.83. The van der Waals surface area contributed by atoms with E-state index in [-0.39, 0.29) is 12.3 Å². The van der Waals surface area contributed by atoms with Gasteiger partial charge in [0.2, 0.25) is 5.91 Å². The second kappa shape index (κ2) is 10.8. The average Bonchev–Trinajstić information content (AvgIpc) is 3.29. The Morgan fingerprint density at radius 2 is 1.82 bits per heavy atom. The number of hydrogen-bond acceptors (Lipinski definition) is 6. The largest absolute Gasteiger partial charge is 0.302 e. The minimum absolute atomic E-state index is 0.157. The fraction of sp³-hybridized carbons (Fsp3) is 0.0833. The topological polar surface area (TPSA) is 78.7 Å². The van der Waals surface area contributed by atoms with Crippen molar-refractivity contribution in [2.75, 3.05) is 11.1 Å². The van der Waals surface area contributed by atoms with E-state index >= 15 is 0 Å². The summed E-state index contributed by atoms with van der Waals surface area (Å²) in [5.74, 6) is 0.326. The first-order chi connectivity index (χ1) is 16.0. The first-order valence-corrected chi connectivity index (χ1v) is 12.5. The van der Waals surface area contributed by atoms with Crippen molar-refractivity contribution in [3.05, 3.63) is 81.7 Å². The van der Waals surface area contributed by atoms with E-state index in [1.54, 1.807) is 18.2 Å². The highest BCUT2D eigenvalue weighted by Gasteiger charge is 2.12. The van der Waals surface area contributed by atoms with Gasteiger partial charge in [0.05, 0.1) is 27.0 Å². The quantitative estimate of drug-likeness (QED) is 0.266. The van der Waals surface area contributed by atoms with Crippen molar-refractivity contribution in [2.45, 2.75) is 11.4 Å². The maximum atomic E-state index is 12.4. The lowest BCUT2D eigenvalue weighted by molar-refractivity contribution is -0.115. The van der Waals surface area contributed by atoms with Gasteiger partial charge in [-0.25, -0.2) is 9.97 Å². The zero-order valence-corrected chi connectivity index (χ0v) is 20.2. The normalized spacial score (nSPS) is 10.6. The van der Waals surface area contributed by atoms with Gasteiger partial charge in [0.25, 0.3) is 0 Å². The highest BCUT2D eigenvalue weighted by Crippen LogP contribution is 2.31. The molecule has 4 aromatic rings. The molecule has 0 radical (unpaired) electrons. The van der Waals surface area contributed by atoms with E-state index in [4.69, 9.17) is 23.2 Å². The molecule has 1 N–H and O–H groups in total. The summed E-state index contributed by atoms with van der Waals surface area (Å²) in [6, 6.07) is 20.8. The molecule has 0 bridgehead atoms. The van der Waals surface area contributed by atoms with Crippen LogP contribution in [0.3, 0.4) is 0 Å². The number of rotatable bonds is 7. The van der Waals surface area contributed by atoms with Crippen LogP contribution in [0.15, 0.2) is 71.1 Å². The maximum Gasteiger partial charge on any atom is 0.226 e. The van der Waals surface area contributed by atoms with E-state index in [0.29, 0.717) is 37.2 Å². The summed E-state index contributed by atoms with van der Waals surface area (Å²) < 4.78 is 0. The summed E-state index contributed by atoms with van der Waals surface area (Å²) in [7, 11) is 0. The summed E-state index contributed by atoms with van der Waals surface area (Å²) in [5.41, 5.74) is 3.79. The highest BCUT2D eigenvalue weighted by atomic mass is 35.5. The van der Waals surface area contributed by atoms with Gasteiger partial charge < -0.3 is 5.32 Å². The Bertz CT molecular complexity index is 1340. The molecular weight excluding hydrogens is 495 g/mol. The third-order valence-corrected chi connectivity index (χ3v) is 7.07. The molecule has 0 aliphatic heterocycles. The first kappa shape index (κ1) is 23.3. The predicted molar refractivity (Wildman–Crippen MR) is 136 cm³/mol. The molecule has 0 aliphatic carbocycles. The minimum atomic E-state index is -0.157. The van der Waals surface area contributed by atoms with Crippen LogP contribution in [0.4, 0.5) is 5.13 Å². The van der Waals surface area contributed by atoms with E-state index in [1.807, 2.05) is 47.8 Å². The van der Waals surface area contributed by atoms with Crippen molar-refractivity contribution in [3.63, 3.8) is 0 Å². The Morgan fingerprint density at radius 3 is 2.58 bits per heavy atom. The van der Waals surface area contributed by atoms with Crippen molar-refractivity contribution in [3.8, 4) is 28.6 Å². The van der Waals surface area contributed by atoms with Gasteiger partial charge in [0, 0.05) is 28.7 Å². The number of anilines is 1. The smallest absolute Gasteiger partial charge is 0.226 e. The van der Waals surface area contributed by atoms with Crippen LogP contribution >= 0.6 is 46.3 Å². The molecule has 0 saturated carbocycles. The molecular formula is C24H16Cl2N4OS2. The van der Waals surface area contributed by atoms with Crippen molar-refractivity contribution in [1.82, 2.24) is 9.97 Å². The second-order valence-corrected chi connectivity index (χ2v) is 9.60. The molecule has 2 aromatic heterocycles. The van der Waals surface area contributed by atoms with Crippen LogP contribution in [-0.2, 0) is 4.79 Å². The third-order valence-electron chi connectivity index (χ3n) is 4.58. The molecule has 9 heteroatoms. The number of thiazole rings is 1. The number of carbonyl (C=O) groups is 1. The molecule has 0 fully saturated rings. The molecule has 2 aromatic carbocycles. The second-order valence-electron chi connectivity index (χ2n) is 6.84. The van der Waals surface area contributed by atoms with Crippen LogP contribution in [0.2, 0.25) is 10.0 Å². The molecule has 1 amide bonds. The lowest BCUT2D eigenvalue weighted by Gasteiger charge is -2.07. The van der Waals surface area contributed by atoms with E-state index in [0.717, 1.165) is 16.8 Å². The number of pyridine rings is 1. The Balaban J connectivity index is 1.36. The zero-order chi connectivity index (χ0) is 23.2. The lowest BCUT2D eigenvalue weighted by Crippen LogP contribution is -2.12. The molecule has 0 aliphatic rings. The van der Waals surface area contributed by atoms with Gasteiger partial charge in [-0.3, -0.25) is 4.79 Å². The molecule has 2 heterocycles. The molecule has 0 unspecified atom stereocenters. The molecule has 33 heavy (non-hydrogen) atoms. The summed E-state index contributed by atoms with van der Waals surface area (Å²) in [5, 5.41) is 16.1. The number of benzene rings is 2. The molecule has 0 saturated heterocycles. The lowest BCUT2D eigenvalue weighted by atomic mass is 10.1. The number of nitrogens with zero attached hydrogens (tertiary/aromatic N) is 3. The average molecular weight is 511 g/mol. The SMILES string of the molecule is N#Cc1ccc(-c2ccccc2)nc1SCCC(=O)Nc1nc(-c2ccc(Cl)c(Cl)c2)cs1. The van der Waals surface area contributed by atoms with E-state index in [9.17, 15) is 10.1 Å². The van der Waals surface area contributed by atoms with Crippen molar-refractivity contribution >= 4 is 57.3 Å². The Morgan fingerprint density at radius 1 is 1.00 bits per heavy atom. The van der Waals surface area contributed by atoms with Crippen LogP contribution < -0.4 is 5.32 Å². The van der Waals surface area contributed by atoms with Crippen molar-refractivity contribution < 1.29 is 4.79 Å². The minimum Gasteiger partial charge on any atom is -0.302 e. The van der Waals surface area contributed by atoms with Crippen LogP contribution in [0.5, 0.6) is 0 Å². The summed E-state index contributed by atoms with van der Waals surface area (Å²) in [6.07, 6.45) is 0.258. The maximum absolute atomic E-state index is 12.4. The summed E-state index contributed by atoms with van der Waals surface area (Å²) in [4.78, 5) is 21.5. The number of hydrogen-bond donors (Lipinski definition) is 1. The number of thioether (sulfide) groups is 1. The van der Waals surface area contributed by atoms with Crippen LogP contribution in [0.25, 0.3) is 22.5 Å².